The molecule has 162 valence electrons. The minimum Gasteiger partial charge on any atom is -0.460 e. The molecule has 0 spiro atoms. The van der Waals surface area contributed by atoms with Crippen LogP contribution in [0.2, 0.25) is 0 Å². The molecule has 2 aromatic heterocycles. The van der Waals surface area contributed by atoms with Crippen LogP contribution < -0.4 is 0 Å². The molecule has 1 saturated carbocycles. The smallest absolute Gasteiger partial charge is 0.336 e. The van der Waals surface area contributed by atoms with E-state index in [2.05, 4.69) is 11.4 Å². The molecule has 0 aromatic carbocycles. The van der Waals surface area contributed by atoms with E-state index < -0.39 is 0 Å². The second-order valence-corrected chi connectivity index (χ2v) is 10.4. The lowest BCUT2D eigenvalue weighted by Gasteiger charge is -2.37. The van der Waals surface area contributed by atoms with Crippen molar-refractivity contribution < 1.29 is 19.1 Å². The van der Waals surface area contributed by atoms with Crippen LogP contribution in [-0.4, -0.2) is 36.8 Å². The lowest BCUT2D eigenvalue weighted by molar-refractivity contribution is -0.142. The number of esters is 1. The summed E-state index contributed by atoms with van der Waals surface area (Å²) in [6, 6.07) is 8.11. The normalized spacial score (nSPS) is 28.4. The second-order valence-electron chi connectivity index (χ2n) is 8.39. The maximum Gasteiger partial charge on any atom is 0.336 e. The van der Waals surface area contributed by atoms with Gasteiger partial charge in [0.25, 0.3) is 0 Å². The van der Waals surface area contributed by atoms with Crippen LogP contribution >= 0.6 is 22.7 Å². The molecule has 1 saturated heterocycles. The number of carbonyl (C=O) groups excluding carboxylic acids is 2. The number of rotatable bonds is 5. The van der Waals surface area contributed by atoms with Gasteiger partial charge in [0.2, 0.25) is 0 Å². The summed E-state index contributed by atoms with van der Waals surface area (Å²) in [7, 11) is 0. The van der Waals surface area contributed by atoms with Crippen molar-refractivity contribution in [3.8, 4) is 0 Å². The van der Waals surface area contributed by atoms with Crippen LogP contribution in [0.5, 0.6) is 0 Å². The third-order valence-corrected chi connectivity index (χ3v) is 8.38. The summed E-state index contributed by atoms with van der Waals surface area (Å²) in [6.07, 6.45) is 3.12. The highest BCUT2D eigenvalue weighted by molar-refractivity contribution is 7.10. The molecule has 0 unspecified atom stereocenters. The van der Waals surface area contributed by atoms with Gasteiger partial charge in [-0.05, 0) is 49.1 Å². The first-order chi connectivity index (χ1) is 15.1. The molecule has 0 radical (unpaired) electrons. The van der Waals surface area contributed by atoms with E-state index in [1.54, 1.807) is 22.7 Å². The van der Waals surface area contributed by atoms with Crippen LogP contribution in [0.1, 0.15) is 54.2 Å². The van der Waals surface area contributed by atoms with Crippen LogP contribution in [-0.2, 0) is 19.1 Å². The summed E-state index contributed by atoms with van der Waals surface area (Å²) in [4.78, 5) is 33.7. The Labute approximate surface area is 189 Å². The van der Waals surface area contributed by atoms with Crippen molar-refractivity contribution in [2.45, 2.75) is 50.5 Å². The van der Waals surface area contributed by atoms with Crippen molar-refractivity contribution in [2.24, 2.45) is 10.9 Å². The van der Waals surface area contributed by atoms with Crippen LogP contribution in [0.15, 0.2) is 51.3 Å². The van der Waals surface area contributed by atoms with E-state index in [1.807, 2.05) is 30.5 Å². The number of ether oxygens (including phenoxy) is 2. The van der Waals surface area contributed by atoms with Crippen molar-refractivity contribution in [3.63, 3.8) is 0 Å². The quantitative estimate of drug-likeness (QED) is 0.588. The van der Waals surface area contributed by atoms with Crippen LogP contribution in [0, 0.1) is 5.92 Å². The van der Waals surface area contributed by atoms with Gasteiger partial charge in [-0.15, -0.1) is 22.7 Å². The van der Waals surface area contributed by atoms with Gasteiger partial charge >= 0.3 is 5.97 Å². The molecule has 3 aliphatic rings. The van der Waals surface area contributed by atoms with E-state index >= 15 is 0 Å². The number of ketones is 1. The van der Waals surface area contributed by atoms with Crippen LogP contribution in [0.3, 0.4) is 0 Å². The fourth-order valence-electron chi connectivity index (χ4n) is 4.96. The summed E-state index contributed by atoms with van der Waals surface area (Å²) < 4.78 is 11.3. The molecular formula is C24H25NO4S2. The Morgan fingerprint density at radius 3 is 2.61 bits per heavy atom. The van der Waals surface area contributed by atoms with E-state index in [0.29, 0.717) is 17.7 Å². The van der Waals surface area contributed by atoms with Crippen LogP contribution in [0.25, 0.3) is 0 Å². The predicted molar refractivity (Wildman–Crippen MR) is 122 cm³/mol. The number of aliphatic imine (C=N–C) groups is 1. The summed E-state index contributed by atoms with van der Waals surface area (Å²) >= 11 is 3.27. The standard InChI is InChI=1S/C24H25NO4S2/c1-14-21(24(27)29-13-16-5-2-8-28-16)23(20-7-4-10-31-20)22-17(25-14)11-15(12-18(22)26)19-6-3-9-30-19/h3-4,6-7,9-10,15-16,22-23H,2,5,8,11-13H2,1H3/t15-,16+,22-,23+/m1/s1. The Morgan fingerprint density at radius 1 is 1.16 bits per heavy atom. The largest absolute Gasteiger partial charge is 0.460 e. The average molecular weight is 456 g/mol. The zero-order chi connectivity index (χ0) is 21.4. The number of thiophene rings is 2. The van der Waals surface area contributed by atoms with Crippen molar-refractivity contribution in [3.05, 3.63) is 56.1 Å². The third-order valence-electron chi connectivity index (χ3n) is 6.39. The Balaban J connectivity index is 1.47. The summed E-state index contributed by atoms with van der Waals surface area (Å²) in [6.45, 7) is 2.84. The lowest BCUT2D eigenvalue weighted by atomic mass is 9.68. The molecule has 1 aliphatic carbocycles. The zero-order valence-corrected chi connectivity index (χ0v) is 19.0. The predicted octanol–water partition coefficient (Wildman–Crippen LogP) is 5.11. The number of fused-ring (bicyclic) bond motifs is 1. The van der Waals surface area contributed by atoms with Crippen LogP contribution in [0.4, 0.5) is 0 Å². The average Bonchev–Trinajstić information content (AvgIpc) is 3.54. The Hall–Kier alpha value is -2.09. The molecule has 2 aliphatic heterocycles. The molecule has 2 fully saturated rings. The van der Waals surface area contributed by atoms with E-state index in [4.69, 9.17) is 14.5 Å². The number of allylic oxidation sites excluding steroid dienone is 1. The van der Waals surface area contributed by atoms with Gasteiger partial charge in [0, 0.05) is 46.0 Å². The molecule has 4 atom stereocenters. The van der Waals surface area contributed by atoms with E-state index in [1.165, 1.54) is 4.88 Å². The summed E-state index contributed by atoms with van der Waals surface area (Å²) in [5.41, 5.74) is 2.10. The topological polar surface area (TPSA) is 65.0 Å². The lowest BCUT2D eigenvalue weighted by Crippen LogP contribution is -2.41. The highest BCUT2D eigenvalue weighted by atomic mass is 32.1. The van der Waals surface area contributed by atoms with Crippen molar-refractivity contribution in [1.29, 1.82) is 0 Å². The van der Waals surface area contributed by atoms with E-state index in [-0.39, 0.29) is 42.2 Å². The highest BCUT2D eigenvalue weighted by Gasteiger charge is 2.46. The summed E-state index contributed by atoms with van der Waals surface area (Å²) in [5.74, 6) is -0.737. The minimum absolute atomic E-state index is 0.0319. The third kappa shape index (κ3) is 4.06. The molecule has 2 aromatic rings. The molecule has 31 heavy (non-hydrogen) atoms. The number of Topliss-reactive ketones (excluding diaryl/α,β-unsaturated/α-hetero) is 1. The van der Waals surface area contributed by atoms with Gasteiger partial charge < -0.3 is 9.47 Å². The first kappa shape index (κ1) is 20.8. The SMILES string of the molecule is CC1=C(C(=O)OC[C@@H]2CCCO2)[C@H](c2cccs2)[C@H]2C(=O)C[C@H](c3cccs3)CC2=N1. The monoisotopic (exact) mass is 455 g/mol. The van der Waals surface area contributed by atoms with Gasteiger partial charge in [-0.2, -0.15) is 0 Å². The Morgan fingerprint density at radius 2 is 1.94 bits per heavy atom. The molecule has 0 bridgehead atoms. The minimum atomic E-state index is -0.385. The molecule has 0 N–H and O–H groups in total. The van der Waals surface area contributed by atoms with Gasteiger partial charge in [-0.1, -0.05) is 12.1 Å². The fraction of sp³-hybridized carbons (Fsp3) is 0.458. The molecule has 7 heteroatoms. The number of carbonyl (C=O) groups is 2. The number of hydrogen-bond acceptors (Lipinski definition) is 7. The summed E-state index contributed by atoms with van der Waals surface area (Å²) in [5, 5.41) is 4.05. The highest BCUT2D eigenvalue weighted by Crippen LogP contribution is 2.47. The van der Waals surface area contributed by atoms with Crippen molar-refractivity contribution in [2.75, 3.05) is 13.2 Å². The Kier molecular flexibility index (Phi) is 5.91. The zero-order valence-electron chi connectivity index (χ0n) is 17.4. The van der Waals surface area contributed by atoms with Gasteiger partial charge in [-0.3, -0.25) is 9.79 Å². The maximum atomic E-state index is 13.4. The second kappa shape index (κ2) is 8.81. The van der Waals surface area contributed by atoms with Crippen molar-refractivity contribution in [1.82, 2.24) is 0 Å². The van der Waals surface area contributed by atoms with Gasteiger partial charge in [0.15, 0.2) is 0 Å². The van der Waals surface area contributed by atoms with Crippen molar-refractivity contribution >= 4 is 40.1 Å². The van der Waals surface area contributed by atoms with E-state index in [9.17, 15) is 9.59 Å². The van der Waals surface area contributed by atoms with Gasteiger partial charge in [-0.25, -0.2) is 4.79 Å². The maximum absolute atomic E-state index is 13.4. The molecular weight excluding hydrogens is 430 g/mol. The fourth-order valence-corrected chi connectivity index (χ4v) is 6.67. The van der Waals surface area contributed by atoms with Gasteiger partial charge in [0.1, 0.15) is 12.4 Å². The first-order valence-corrected chi connectivity index (χ1v) is 12.5. The molecule has 4 heterocycles. The number of nitrogens with zero attached hydrogens (tertiary/aromatic N) is 1. The molecule has 5 rings (SSSR count). The number of hydrogen-bond donors (Lipinski definition) is 0. The molecule has 0 amide bonds. The molecule has 5 nitrogen and oxygen atoms in total. The Bertz CT molecular complexity index is 1020. The van der Waals surface area contributed by atoms with Gasteiger partial charge in [0.05, 0.1) is 17.6 Å². The van der Waals surface area contributed by atoms with E-state index in [0.717, 1.165) is 36.5 Å². The first-order valence-electron chi connectivity index (χ1n) is 10.8.